The highest BCUT2D eigenvalue weighted by Crippen LogP contribution is 2.30. The number of nitrogens with one attached hydrogen (secondary N) is 1. The smallest absolute Gasteiger partial charge is 0.322 e. The van der Waals surface area contributed by atoms with Crippen LogP contribution in [0.4, 0.5) is 10.5 Å². The Labute approximate surface area is 137 Å². The Bertz CT molecular complexity index is 557. The second kappa shape index (κ2) is 7.21. The quantitative estimate of drug-likeness (QED) is 0.905. The van der Waals surface area contributed by atoms with E-state index in [9.17, 15) is 4.79 Å². The van der Waals surface area contributed by atoms with Crippen molar-refractivity contribution in [1.82, 2.24) is 4.90 Å². The van der Waals surface area contributed by atoms with Gasteiger partial charge >= 0.3 is 6.03 Å². The monoisotopic (exact) mass is 318 g/mol. The molecule has 2 aliphatic rings. The van der Waals surface area contributed by atoms with Crippen LogP contribution in [-0.2, 0) is 4.74 Å². The summed E-state index contributed by atoms with van der Waals surface area (Å²) in [4.78, 5) is 14.4. The lowest BCUT2D eigenvalue weighted by molar-refractivity contribution is 0.00597. The molecule has 1 aliphatic heterocycles. The highest BCUT2D eigenvalue weighted by molar-refractivity contribution is 5.92. The number of amides is 2. The molecule has 1 N–H and O–H groups in total. The summed E-state index contributed by atoms with van der Waals surface area (Å²) in [5, 5.41) is 3.00. The van der Waals surface area contributed by atoms with E-state index in [1.54, 1.807) is 7.11 Å². The predicted octanol–water partition coefficient (Wildman–Crippen LogP) is 3.43. The molecule has 1 heterocycles. The van der Waals surface area contributed by atoms with Crippen molar-refractivity contribution in [3.05, 3.63) is 23.8 Å². The number of rotatable bonds is 5. The number of carbonyl (C=O) groups excluding carboxylic acids is 1. The second-order valence-corrected chi connectivity index (χ2v) is 6.57. The van der Waals surface area contributed by atoms with E-state index in [-0.39, 0.29) is 12.1 Å². The number of carbonyl (C=O) groups is 1. The average molecular weight is 318 g/mol. The summed E-state index contributed by atoms with van der Waals surface area (Å²) in [5.41, 5.74) is 1.75. The Hall–Kier alpha value is -1.75. The van der Waals surface area contributed by atoms with Crippen molar-refractivity contribution in [3.63, 3.8) is 0 Å². The first kappa shape index (κ1) is 16.1. The van der Waals surface area contributed by atoms with E-state index in [1.807, 2.05) is 30.0 Å². The molecule has 0 spiro atoms. The number of piperidine rings is 1. The summed E-state index contributed by atoms with van der Waals surface area (Å²) >= 11 is 0. The van der Waals surface area contributed by atoms with Gasteiger partial charge in [-0.2, -0.15) is 0 Å². The van der Waals surface area contributed by atoms with Gasteiger partial charge in [0.25, 0.3) is 0 Å². The van der Waals surface area contributed by atoms with Crippen LogP contribution in [0.3, 0.4) is 0 Å². The second-order valence-electron chi connectivity index (χ2n) is 6.57. The van der Waals surface area contributed by atoms with Crippen molar-refractivity contribution in [2.75, 3.05) is 32.1 Å². The van der Waals surface area contributed by atoms with Crippen LogP contribution in [0, 0.1) is 12.8 Å². The minimum atomic E-state index is -0.0719. The van der Waals surface area contributed by atoms with E-state index < -0.39 is 0 Å². The third-order valence-electron chi connectivity index (χ3n) is 4.62. The summed E-state index contributed by atoms with van der Waals surface area (Å²) in [6, 6.07) is 5.68. The molecule has 0 aromatic heterocycles. The number of likely N-dealkylation sites (tertiary alicyclic amines) is 1. The fraction of sp³-hybridized carbons (Fsp3) is 0.611. The van der Waals surface area contributed by atoms with E-state index in [0.29, 0.717) is 12.3 Å². The number of hydrogen-bond donors (Lipinski definition) is 1. The molecule has 23 heavy (non-hydrogen) atoms. The zero-order valence-corrected chi connectivity index (χ0v) is 14.0. The molecule has 1 atom stereocenters. The van der Waals surface area contributed by atoms with E-state index in [1.165, 1.54) is 12.8 Å². The van der Waals surface area contributed by atoms with E-state index >= 15 is 0 Å². The summed E-state index contributed by atoms with van der Waals surface area (Å²) < 4.78 is 11.3. The molecule has 1 aromatic carbocycles. The first-order valence-corrected chi connectivity index (χ1v) is 8.48. The lowest BCUT2D eigenvalue weighted by atomic mass is 10.1. The Kier molecular flexibility index (Phi) is 5.06. The van der Waals surface area contributed by atoms with E-state index in [2.05, 4.69) is 5.32 Å². The predicted molar refractivity (Wildman–Crippen MR) is 90.0 cm³/mol. The van der Waals surface area contributed by atoms with Gasteiger partial charge in [-0.3, -0.25) is 0 Å². The standard InChI is InChI=1S/C18H26N2O3/c1-13-5-3-7-16(22-2)17(13)19-18(21)20-10-4-6-15(11-20)23-12-14-8-9-14/h3,5,7,14-15H,4,6,8-12H2,1-2H3,(H,19,21). The zero-order chi connectivity index (χ0) is 16.2. The molecule has 1 saturated heterocycles. The first-order chi connectivity index (χ1) is 11.2. The molecule has 0 radical (unpaired) electrons. The van der Waals surface area contributed by atoms with Gasteiger partial charge in [-0.1, -0.05) is 12.1 Å². The maximum absolute atomic E-state index is 12.6. The Morgan fingerprint density at radius 2 is 2.17 bits per heavy atom. The van der Waals surface area contributed by atoms with Gasteiger partial charge < -0.3 is 19.7 Å². The van der Waals surface area contributed by atoms with Gasteiger partial charge in [0, 0.05) is 19.7 Å². The Morgan fingerprint density at radius 3 is 2.91 bits per heavy atom. The van der Waals surface area contributed by atoms with Gasteiger partial charge in [-0.25, -0.2) is 4.79 Å². The minimum absolute atomic E-state index is 0.0719. The molecule has 1 aromatic rings. The number of ether oxygens (including phenoxy) is 2. The topological polar surface area (TPSA) is 50.8 Å². The van der Waals surface area contributed by atoms with Crippen LogP contribution >= 0.6 is 0 Å². The van der Waals surface area contributed by atoms with Crippen molar-refractivity contribution in [2.24, 2.45) is 5.92 Å². The van der Waals surface area contributed by atoms with Crippen LogP contribution in [0.5, 0.6) is 5.75 Å². The molecule has 1 saturated carbocycles. The van der Waals surface area contributed by atoms with Crippen LogP contribution in [0.15, 0.2) is 18.2 Å². The van der Waals surface area contributed by atoms with Crippen molar-refractivity contribution in [2.45, 2.75) is 38.7 Å². The third-order valence-corrected chi connectivity index (χ3v) is 4.62. The lowest BCUT2D eigenvalue weighted by Crippen LogP contribution is -2.45. The van der Waals surface area contributed by atoms with Crippen molar-refractivity contribution >= 4 is 11.7 Å². The number of benzene rings is 1. The molecule has 1 aliphatic carbocycles. The van der Waals surface area contributed by atoms with Gasteiger partial charge in [0.1, 0.15) is 5.75 Å². The molecule has 2 fully saturated rings. The fourth-order valence-electron chi connectivity index (χ4n) is 2.97. The van der Waals surface area contributed by atoms with E-state index in [0.717, 1.165) is 43.2 Å². The summed E-state index contributed by atoms with van der Waals surface area (Å²) in [7, 11) is 1.62. The fourth-order valence-corrected chi connectivity index (χ4v) is 2.97. The molecule has 126 valence electrons. The summed E-state index contributed by atoms with van der Waals surface area (Å²) in [5.74, 6) is 1.45. The average Bonchev–Trinajstić information content (AvgIpc) is 3.39. The summed E-state index contributed by atoms with van der Waals surface area (Å²) in [6.45, 7) is 4.28. The molecule has 5 nitrogen and oxygen atoms in total. The lowest BCUT2D eigenvalue weighted by Gasteiger charge is -2.33. The van der Waals surface area contributed by atoms with Gasteiger partial charge in [-0.05, 0) is 50.2 Å². The summed E-state index contributed by atoms with van der Waals surface area (Å²) in [6.07, 6.45) is 4.81. The first-order valence-electron chi connectivity index (χ1n) is 8.48. The Balaban J connectivity index is 1.58. The zero-order valence-electron chi connectivity index (χ0n) is 14.0. The van der Waals surface area contributed by atoms with Crippen LogP contribution in [-0.4, -0.2) is 43.8 Å². The van der Waals surface area contributed by atoms with Gasteiger partial charge in [0.05, 0.1) is 18.9 Å². The van der Waals surface area contributed by atoms with Crippen molar-refractivity contribution < 1.29 is 14.3 Å². The molecular formula is C18H26N2O3. The van der Waals surface area contributed by atoms with Crippen molar-refractivity contribution in [3.8, 4) is 5.75 Å². The number of methoxy groups -OCH3 is 1. The number of urea groups is 1. The van der Waals surface area contributed by atoms with Crippen molar-refractivity contribution in [1.29, 1.82) is 0 Å². The normalized spacial score (nSPS) is 21.1. The number of hydrogen-bond acceptors (Lipinski definition) is 3. The molecule has 5 heteroatoms. The Morgan fingerprint density at radius 1 is 1.35 bits per heavy atom. The van der Waals surface area contributed by atoms with Crippen LogP contribution in [0.25, 0.3) is 0 Å². The highest BCUT2D eigenvalue weighted by atomic mass is 16.5. The van der Waals surface area contributed by atoms with Crippen LogP contribution in [0.2, 0.25) is 0 Å². The van der Waals surface area contributed by atoms with Gasteiger partial charge in [0.15, 0.2) is 0 Å². The number of para-hydroxylation sites is 1. The van der Waals surface area contributed by atoms with E-state index in [4.69, 9.17) is 9.47 Å². The van der Waals surface area contributed by atoms with Crippen LogP contribution < -0.4 is 10.1 Å². The molecule has 1 unspecified atom stereocenters. The largest absolute Gasteiger partial charge is 0.495 e. The third kappa shape index (κ3) is 4.16. The maximum atomic E-state index is 12.6. The molecule has 3 rings (SSSR count). The molecular weight excluding hydrogens is 292 g/mol. The molecule has 0 bridgehead atoms. The van der Waals surface area contributed by atoms with Gasteiger partial charge in [0.2, 0.25) is 0 Å². The number of nitrogens with zero attached hydrogens (tertiary/aromatic N) is 1. The number of aryl methyl sites for hydroxylation is 1. The maximum Gasteiger partial charge on any atom is 0.322 e. The van der Waals surface area contributed by atoms with Gasteiger partial charge in [-0.15, -0.1) is 0 Å². The molecule has 2 amide bonds. The highest BCUT2D eigenvalue weighted by Gasteiger charge is 2.28. The number of anilines is 1. The SMILES string of the molecule is COc1cccc(C)c1NC(=O)N1CCCC(OCC2CC2)C1. The van der Waals surface area contributed by atoms with Crippen LogP contribution in [0.1, 0.15) is 31.2 Å². The minimum Gasteiger partial charge on any atom is -0.495 e.